The topological polar surface area (TPSA) is 71.7 Å². The fourth-order valence-electron chi connectivity index (χ4n) is 3.48. The lowest BCUT2D eigenvalue weighted by Gasteiger charge is -2.36. The molecule has 1 aromatic carbocycles. The maximum atomic E-state index is 12.5. The number of nitrogen functional groups attached to an aromatic ring is 1. The molecule has 0 bridgehead atoms. The Morgan fingerprint density at radius 3 is 2.61 bits per heavy atom. The molecule has 0 aliphatic carbocycles. The third-order valence-electron chi connectivity index (χ3n) is 5.13. The third-order valence-corrected chi connectivity index (χ3v) is 5.13. The Labute approximate surface area is 173 Å². The average Bonchev–Trinajstić information content (AvgIpc) is 2.68. The maximum Gasteiger partial charge on any atom is 0.260 e. The van der Waals surface area contributed by atoms with Crippen LogP contribution in [0, 0.1) is 6.92 Å². The van der Waals surface area contributed by atoms with Gasteiger partial charge in [-0.05, 0) is 31.4 Å². The highest BCUT2D eigenvalue weighted by molar-refractivity contribution is 5.85. The van der Waals surface area contributed by atoms with Gasteiger partial charge in [0.2, 0.25) is 5.88 Å². The number of carbonyl (C=O) groups excluding carboxylic acids is 1. The molecule has 2 aromatic rings. The Hall–Kier alpha value is -2.31. The molecule has 1 aliphatic rings. The van der Waals surface area contributed by atoms with Gasteiger partial charge in [-0.3, -0.25) is 9.69 Å². The van der Waals surface area contributed by atoms with Crippen molar-refractivity contribution in [2.45, 2.75) is 32.4 Å². The number of aryl methyl sites for hydroxylation is 1. The number of likely N-dealkylation sites (tertiary alicyclic amines) is 1. The van der Waals surface area contributed by atoms with Crippen LogP contribution in [0.4, 0.5) is 5.69 Å². The van der Waals surface area contributed by atoms with Crippen LogP contribution >= 0.6 is 12.4 Å². The van der Waals surface area contributed by atoms with Gasteiger partial charge in [0.05, 0.1) is 11.9 Å². The zero-order chi connectivity index (χ0) is 19.2. The number of ether oxygens (including phenoxy) is 1. The number of amides is 1. The van der Waals surface area contributed by atoms with Crippen molar-refractivity contribution in [1.29, 1.82) is 0 Å². The van der Waals surface area contributed by atoms with Crippen molar-refractivity contribution in [1.82, 2.24) is 14.8 Å². The van der Waals surface area contributed by atoms with E-state index in [1.165, 1.54) is 5.56 Å². The second-order valence-electron chi connectivity index (χ2n) is 7.18. The standard InChI is InChI=1S/C21H28N4O2.ClH/c1-16-12-18(22)13-23-21(16)27-15-20(26)24(2)19-8-10-25(11-9-19)14-17-6-4-3-5-7-17;/h3-7,12-13,19H,8-11,14-15,22H2,1-2H3;1H. The number of aromatic nitrogens is 1. The van der Waals surface area contributed by atoms with E-state index in [2.05, 4.69) is 34.1 Å². The minimum atomic E-state index is -0.0189. The van der Waals surface area contributed by atoms with Gasteiger partial charge in [0.1, 0.15) is 0 Å². The third kappa shape index (κ3) is 5.84. The molecule has 2 heterocycles. The Morgan fingerprint density at radius 2 is 1.96 bits per heavy atom. The van der Waals surface area contributed by atoms with Crippen LogP contribution in [-0.4, -0.2) is 53.5 Å². The number of anilines is 1. The summed E-state index contributed by atoms with van der Waals surface area (Å²) >= 11 is 0. The van der Waals surface area contributed by atoms with Crippen LogP contribution in [0.15, 0.2) is 42.6 Å². The van der Waals surface area contributed by atoms with E-state index in [1.54, 1.807) is 12.3 Å². The number of piperidine rings is 1. The number of nitrogens with zero attached hydrogens (tertiary/aromatic N) is 3. The average molecular weight is 405 g/mol. The first-order valence-electron chi connectivity index (χ1n) is 9.40. The Kier molecular flexibility index (Phi) is 8.08. The van der Waals surface area contributed by atoms with E-state index in [0.717, 1.165) is 38.0 Å². The SMILES string of the molecule is Cc1cc(N)cnc1OCC(=O)N(C)C1CCN(Cc2ccccc2)CC1.Cl. The summed E-state index contributed by atoms with van der Waals surface area (Å²) in [6, 6.07) is 12.6. The molecule has 0 spiro atoms. The molecule has 1 aliphatic heterocycles. The van der Waals surface area contributed by atoms with Crippen LogP contribution in [0.2, 0.25) is 0 Å². The number of nitrogens with two attached hydrogens (primary N) is 1. The van der Waals surface area contributed by atoms with Gasteiger partial charge in [0.25, 0.3) is 5.91 Å². The van der Waals surface area contributed by atoms with Crippen molar-refractivity contribution in [3.05, 3.63) is 53.7 Å². The Bertz CT molecular complexity index is 764. The summed E-state index contributed by atoms with van der Waals surface area (Å²) in [4.78, 5) is 20.9. The number of hydrogen-bond acceptors (Lipinski definition) is 5. The van der Waals surface area contributed by atoms with E-state index in [-0.39, 0.29) is 31.0 Å². The van der Waals surface area contributed by atoms with Crippen LogP contribution in [-0.2, 0) is 11.3 Å². The van der Waals surface area contributed by atoms with Crippen molar-refractivity contribution in [2.75, 3.05) is 32.5 Å². The molecular formula is C21H29ClN4O2. The number of rotatable bonds is 6. The Morgan fingerprint density at radius 1 is 1.29 bits per heavy atom. The smallest absolute Gasteiger partial charge is 0.260 e. The van der Waals surface area contributed by atoms with Gasteiger partial charge in [-0.2, -0.15) is 0 Å². The molecule has 0 atom stereocenters. The summed E-state index contributed by atoms with van der Waals surface area (Å²) in [5.74, 6) is 0.443. The lowest BCUT2D eigenvalue weighted by molar-refractivity contribution is -0.135. The number of pyridine rings is 1. The predicted molar refractivity (Wildman–Crippen MR) is 114 cm³/mol. The van der Waals surface area contributed by atoms with Gasteiger partial charge in [-0.25, -0.2) is 4.98 Å². The number of likely N-dealkylation sites (N-methyl/N-ethyl adjacent to an activating group) is 1. The molecule has 2 N–H and O–H groups in total. The van der Waals surface area contributed by atoms with Crippen molar-refractivity contribution < 1.29 is 9.53 Å². The van der Waals surface area contributed by atoms with Crippen LogP contribution in [0.5, 0.6) is 5.88 Å². The normalized spacial score (nSPS) is 14.9. The molecule has 7 heteroatoms. The minimum absolute atomic E-state index is 0. The highest BCUT2D eigenvalue weighted by Crippen LogP contribution is 2.19. The van der Waals surface area contributed by atoms with Crippen LogP contribution < -0.4 is 10.5 Å². The van der Waals surface area contributed by atoms with E-state index >= 15 is 0 Å². The molecule has 28 heavy (non-hydrogen) atoms. The molecule has 0 radical (unpaired) electrons. The van der Waals surface area contributed by atoms with Gasteiger partial charge in [-0.15, -0.1) is 12.4 Å². The van der Waals surface area contributed by atoms with E-state index < -0.39 is 0 Å². The van der Waals surface area contributed by atoms with Crippen LogP contribution in [0.3, 0.4) is 0 Å². The predicted octanol–water partition coefficient (Wildman–Crippen LogP) is 2.90. The largest absolute Gasteiger partial charge is 0.467 e. The number of carbonyl (C=O) groups is 1. The summed E-state index contributed by atoms with van der Waals surface area (Å²) < 4.78 is 5.60. The highest BCUT2D eigenvalue weighted by atomic mass is 35.5. The molecule has 1 aromatic heterocycles. The van der Waals surface area contributed by atoms with E-state index in [4.69, 9.17) is 10.5 Å². The summed E-state index contributed by atoms with van der Waals surface area (Å²) in [5.41, 5.74) is 8.45. The number of halogens is 1. The van der Waals surface area contributed by atoms with Crippen molar-refractivity contribution in [3.8, 4) is 5.88 Å². The van der Waals surface area contributed by atoms with Gasteiger partial charge in [0.15, 0.2) is 6.61 Å². The molecule has 1 fully saturated rings. The molecular weight excluding hydrogens is 376 g/mol. The van der Waals surface area contributed by atoms with Gasteiger partial charge < -0.3 is 15.4 Å². The molecule has 3 rings (SSSR count). The van der Waals surface area contributed by atoms with Crippen LogP contribution in [0.1, 0.15) is 24.0 Å². The van der Waals surface area contributed by atoms with Crippen LogP contribution in [0.25, 0.3) is 0 Å². The van der Waals surface area contributed by atoms with Crippen molar-refractivity contribution in [2.24, 2.45) is 0 Å². The maximum absolute atomic E-state index is 12.5. The fraction of sp³-hybridized carbons (Fsp3) is 0.429. The fourth-order valence-corrected chi connectivity index (χ4v) is 3.48. The second-order valence-corrected chi connectivity index (χ2v) is 7.18. The quantitative estimate of drug-likeness (QED) is 0.801. The summed E-state index contributed by atoms with van der Waals surface area (Å²) in [5, 5.41) is 0. The minimum Gasteiger partial charge on any atom is -0.467 e. The monoisotopic (exact) mass is 404 g/mol. The first-order chi connectivity index (χ1) is 13.0. The zero-order valence-electron chi connectivity index (χ0n) is 16.5. The molecule has 6 nitrogen and oxygen atoms in total. The zero-order valence-corrected chi connectivity index (χ0v) is 17.3. The molecule has 152 valence electrons. The van der Waals surface area contributed by atoms with E-state index in [9.17, 15) is 4.79 Å². The first kappa shape index (κ1) is 22.0. The summed E-state index contributed by atoms with van der Waals surface area (Å²) in [7, 11) is 1.87. The van der Waals surface area contributed by atoms with Gasteiger partial charge >= 0.3 is 0 Å². The molecule has 1 saturated heterocycles. The molecule has 0 unspecified atom stereocenters. The second kappa shape index (κ2) is 10.3. The lowest BCUT2D eigenvalue weighted by atomic mass is 10.0. The number of benzene rings is 1. The van der Waals surface area contributed by atoms with Gasteiger partial charge in [0, 0.05) is 38.3 Å². The van der Waals surface area contributed by atoms with Crippen molar-refractivity contribution >= 4 is 24.0 Å². The molecule has 0 saturated carbocycles. The molecule has 1 amide bonds. The van der Waals surface area contributed by atoms with E-state index in [1.807, 2.05) is 24.9 Å². The summed E-state index contributed by atoms with van der Waals surface area (Å²) in [6.45, 7) is 4.83. The van der Waals surface area contributed by atoms with Gasteiger partial charge in [-0.1, -0.05) is 30.3 Å². The van der Waals surface area contributed by atoms with Crippen molar-refractivity contribution in [3.63, 3.8) is 0 Å². The number of hydrogen-bond donors (Lipinski definition) is 1. The summed E-state index contributed by atoms with van der Waals surface area (Å²) in [6.07, 6.45) is 3.50. The Balaban J connectivity index is 0.00000280. The van der Waals surface area contributed by atoms with E-state index in [0.29, 0.717) is 11.6 Å². The highest BCUT2D eigenvalue weighted by Gasteiger charge is 2.25. The first-order valence-corrected chi connectivity index (χ1v) is 9.40. The lowest BCUT2D eigenvalue weighted by Crippen LogP contribution is -2.46.